The van der Waals surface area contributed by atoms with E-state index in [2.05, 4.69) is 21.0 Å². The lowest BCUT2D eigenvalue weighted by atomic mass is 10.1. The number of halogens is 2. The summed E-state index contributed by atoms with van der Waals surface area (Å²) in [5, 5.41) is 14.5. The van der Waals surface area contributed by atoms with Gasteiger partial charge in [0.1, 0.15) is 5.82 Å². The van der Waals surface area contributed by atoms with Crippen molar-refractivity contribution in [3.05, 3.63) is 51.0 Å². The average Bonchev–Trinajstić information content (AvgIpc) is 2.68. The fraction of sp³-hybridized carbons (Fsp3) is 0.400. The lowest BCUT2D eigenvalue weighted by Crippen LogP contribution is -2.05. The Labute approximate surface area is 126 Å². The Morgan fingerprint density at radius 1 is 1.40 bits per heavy atom. The maximum atomic E-state index is 13.2. The largest absolute Gasteiger partial charge is 0.388 e. The van der Waals surface area contributed by atoms with Crippen LogP contribution >= 0.6 is 15.9 Å². The number of aromatic nitrogens is 2. The van der Waals surface area contributed by atoms with Crippen molar-refractivity contribution in [2.75, 3.05) is 0 Å². The summed E-state index contributed by atoms with van der Waals surface area (Å²) in [4.78, 5) is 0. The number of aryl methyl sites for hydroxylation is 1. The molecule has 0 bridgehead atoms. The third kappa shape index (κ3) is 2.94. The van der Waals surface area contributed by atoms with Crippen LogP contribution in [0.1, 0.15) is 42.0 Å². The van der Waals surface area contributed by atoms with E-state index in [0.717, 1.165) is 22.5 Å². The molecule has 20 heavy (non-hydrogen) atoms. The highest BCUT2D eigenvalue weighted by Crippen LogP contribution is 2.25. The molecular weight excluding hydrogens is 323 g/mol. The van der Waals surface area contributed by atoms with Crippen LogP contribution < -0.4 is 0 Å². The first-order valence-corrected chi connectivity index (χ1v) is 7.39. The Balaban J connectivity index is 2.32. The second-order valence-corrected chi connectivity index (χ2v) is 5.77. The number of nitrogens with zero attached hydrogens (tertiary/aromatic N) is 2. The molecule has 0 aliphatic heterocycles. The van der Waals surface area contributed by atoms with Crippen LogP contribution in [0.3, 0.4) is 0 Å². The fourth-order valence-corrected chi connectivity index (χ4v) is 2.79. The summed E-state index contributed by atoms with van der Waals surface area (Å²) in [5.74, 6) is -0.274. The lowest BCUT2D eigenvalue weighted by Gasteiger charge is -2.09. The van der Waals surface area contributed by atoms with Gasteiger partial charge >= 0.3 is 0 Å². The third-order valence-electron chi connectivity index (χ3n) is 3.47. The maximum Gasteiger partial charge on any atom is 0.137 e. The van der Waals surface area contributed by atoms with Crippen molar-refractivity contribution in [2.45, 2.75) is 39.8 Å². The van der Waals surface area contributed by atoms with Crippen molar-refractivity contribution < 1.29 is 9.50 Å². The molecule has 1 aromatic heterocycles. The Kier molecular flexibility index (Phi) is 4.60. The smallest absolute Gasteiger partial charge is 0.137 e. The molecule has 0 aliphatic carbocycles. The highest BCUT2D eigenvalue weighted by atomic mass is 79.9. The first kappa shape index (κ1) is 15.2. The third-order valence-corrected chi connectivity index (χ3v) is 4.08. The first-order chi connectivity index (χ1) is 9.43. The Hall–Kier alpha value is -1.20. The van der Waals surface area contributed by atoms with Gasteiger partial charge in [-0.05, 0) is 53.9 Å². The zero-order valence-corrected chi connectivity index (χ0v) is 13.4. The van der Waals surface area contributed by atoms with E-state index in [0.29, 0.717) is 17.4 Å². The Bertz CT molecular complexity index is 625. The van der Waals surface area contributed by atoms with E-state index in [-0.39, 0.29) is 5.82 Å². The van der Waals surface area contributed by atoms with Gasteiger partial charge in [-0.3, -0.25) is 4.68 Å². The van der Waals surface area contributed by atoms with Gasteiger partial charge in [-0.15, -0.1) is 0 Å². The minimum Gasteiger partial charge on any atom is -0.388 e. The van der Waals surface area contributed by atoms with Crippen molar-refractivity contribution in [3.63, 3.8) is 0 Å². The lowest BCUT2D eigenvalue weighted by molar-refractivity contribution is 0.172. The van der Waals surface area contributed by atoms with E-state index in [1.807, 2.05) is 25.5 Å². The molecule has 2 aromatic rings. The second-order valence-electron chi connectivity index (χ2n) is 4.91. The minimum absolute atomic E-state index is 0.274. The molecule has 3 nitrogen and oxygen atoms in total. The Morgan fingerprint density at radius 2 is 2.10 bits per heavy atom. The summed E-state index contributed by atoms with van der Waals surface area (Å²) >= 11 is 3.19. The van der Waals surface area contributed by atoms with Gasteiger partial charge in [-0.2, -0.15) is 5.10 Å². The zero-order chi connectivity index (χ0) is 14.9. The summed E-state index contributed by atoms with van der Waals surface area (Å²) in [6.45, 7) is 6.35. The zero-order valence-electron chi connectivity index (χ0n) is 11.8. The summed E-state index contributed by atoms with van der Waals surface area (Å²) < 4.78 is 15.5. The normalized spacial score (nSPS) is 12.7. The topological polar surface area (TPSA) is 38.1 Å². The number of hydrogen-bond donors (Lipinski definition) is 1. The Morgan fingerprint density at radius 3 is 2.70 bits per heavy atom. The van der Waals surface area contributed by atoms with Crippen LogP contribution in [0.2, 0.25) is 0 Å². The van der Waals surface area contributed by atoms with Crippen LogP contribution in [0.15, 0.2) is 22.7 Å². The molecule has 0 radical (unpaired) electrons. The van der Waals surface area contributed by atoms with Gasteiger partial charge in [0.25, 0.3) is 0 Å². The standard InChI is InChI=1S/C15H18BrFN2O/c1-4-14(20)15-9(2)18-19(10(15)3)8-11-5-6-13(17)12(16)7-11/h5-7,14,20H,4,8H2,1-3H3. The molecule has 1 heterocycles. The van der Waals surface area contributed by atoms with E-state index in [9.17, 15) is 9.50 Å². The van der Waals surface area contributed by atoms with Gasteiger partial charge in [0.15, 0.2) is 0 Å². The molecule has 0 spiro atoms. The summed E-state index contributed by atoms with van der Waals surface area (Å²) in [6.07, 6.45) is 0.179. The predicted molar refractivity (Wildman–Crippen MR) is 80.2 cm³/mol. The van der Waals surface area contributed by atoms with E-state index < -0.39 is 6.10 Å². The molecular formula is C15H18BrFN2O. The molecule has 5 heteroatoms. The minimum atomic E-state index is -0.483. The van der Waals surface area contributed by atoms with E-state index in [4.69, 9.17) is 0 Å². The highest BCUT2D eigenvalue weighted by molar-refractivity contribution is 9.10. The van der Waals surface area contributed by atoms with Gasteiger partial charge in [-0.1, -0.05) is 13.0 Å². The van der Waals surface area contributed by atoms with Gasteiger partial charge in [0, 0.05) is 11.3 Å². The molecule has 2 rings (SSSR count). The first-order valence-electron chi connectivity index (χ1n) is 6.60. The predicted octanol–water partition coefficient (Wildman–Crippen LogP) is 3.89. The summed E-state index contributed by atoms with van der Waals surface area (Å²) in [7, 11) is 0. The van der Waals surface area contributed by atoms with E-state index in [1.54, 1.807) is 12.1 Å². The number of hydrogen-bond acceptors (Lipinski definition) is 2. The highest BCUT2D eigenvalue weighted by Gasteiger charge is 2.17. The van der Waals surface area contributed by atoms with Crippen LogP contribution in [-0.4, -0.2) is 14.9 Å². The molecule has 0 saturated heterocycles. The average molecular weight is 341 g/mol. The van der Waals surface area contributed by atoms with E-state index >= 15 is 0 Å². The van der Waals surface area contributed by atoms with Crippen LogP contribution in [0.4, 0.5) is 4.39 Å². The summed E-state index contributed by atoms with van der Waals surface area (Å²) in [6, 6.07) is 4.93. The summed E-state index contributed by atoms with van der Waals surface area (Å²) in [5.41, 5.74) is 3.66. The van der Waals surface area contributed by atoms with Crippen LogP contribution in [0.5, 0.6) is 0 Å². The number of rotatable bonds is 4. The van der Waals surface area contributed by atoms with Crippen molar-refractivity contribution >= 4 is 15.9 Å². The molecule has 0 aliphatic rings. The van der Waals surface area contributed by atoms with Crippen molar-refractivity contribution in [3.8, 4) is 0 Å². The fourth-order valence-electron chi connectivity index (χ4n) is 2.36. The monoisotopic (exact) mass is 340 g/mol. The van der Waals surface area contributed by atoms with Gasteiger partial charge in [0.05, 0.1) is 22.8 Å². The van der Waals surface area contributed by atoms with E-state index in [1.165, 1.54) is 6.07 Å². The second kappa shape index (κ2) is 6.06. The SMILES string of the molecule is CCC(O)c1c(C)nn(Cc2ccc(F)c(Br)c2)c1C. The van der Waals surface area contributed by atoms with Gasteiger partial charge < -0.3 is 5.11 Å². The number of aliphatic hydroxyl groups excluding tert-OH is 1. The number of aliphatic hydroxyl groups is 1. The molecule has 1 aromatic carbocycles. The molecule has 108 valence electrons. The van der Waals surface area contributed by atoms with Crippen molar-refractivity contribution in [1.82, 2.24) is 9.78 Å². The molecule has 1 unspecified atom stereocenters. The van der Waals surface area contributed by atoms with Crippen molar-refractivity contribution in [2.24, 2.45) is 0 Å². The quantitative estimate of drug-likeness (QED) is 0.916. The van der Waals surface area contributed by atoms with Crippen LogP contribution in [0.25, 0.3) is 0 Å². The molecule has 1 atom stereocenters. The molecule has 0 amide bonds. The molecule has 0 saturated carbocycles. The van der Waals surface area contributed by atoms with Crippen LogP contribution in [-0.2, 0) is 6.54 Å². The molecule has 1 N–H and O–H groups in total. The van der Waals surface area contributed by atoms with Crippen molar-refractivity contribution in [1.29, 1.82) is 0 Å². The number of benzene rings is 1. The van der Waals surface area contributed by atoms with Gasteiger partial charge in [-0.25, -0.2) is 4.39 Å². The maximum absolute atomic E-state index is 13.2. The van der Waals surface area contributed by atoms with Gasteiger partial charge in [0.2, 0.25) is 0 Å². The molecule has 0 fully saturated rings. The van der Waals surface area contributed by atoms with Crippen LogP contribution in [0, 0.1) is 19.7 Å².